The van der Waals surface area contributed by atoms with Gasteiger partial charge in [-0.1, -0.05) is 39.4 Å². The Morgan fingerprint density at radius 3 is 2.37 bits per heavy atom. The summed E-state index contributed by atoms with van der Waals surface area (Å²) in [6, 6.07) is 12.1. The van der Waals surface area contributed by atoms with Crippen LogP contribution in [0, 0.1) is 0 Å². The van der Waals surface area contributed by atoms with Crippen molar-refractivity contribution >= 4 is 42.4 Å². The third-order valence-electron chi connectivity index (χ3n) is 3.78. The fourth-order valence-corrected chi connectivity index (χ4v) is 4.88. The predicted molar refractivity (Wildman–Crippen MR) is 108 cm³/mol. The monoisotopic (exact) mass is 469 g/mol. The van der Waals surface area contributed by atoms with Crippen molar-refractivity contribution in [2.75, 3.05) is 25.6 Å². The van der Waals surface area contributed by atoms with E-state index in [-0.39, 0.29) is 15.8 Å². The minimum Gasteiger partial charge on any atom is -0.497 e. The van der Waals surface area contributed by atoms with Crippen molar-refractivity contribution in [2.24, 2.45) is 0 Å². The van der Waals surface area contributed by atoms with Gasteiger partial charge in [0.25, 0.3) is 10.0 Å². The molecule has 27 heavy (non-hydrogen) atoms. The maximum atomic E-state index is 13.1. The van der Waals surface area contributed by atoms with Gasteiger partial charge in [0.1, 0.15) is 21.4 Å². The van der Waals surface area contributed by atoms with E-state index in [1.807, 2.05) is 24.3 Å². The molecule has 0 amide bonds. The fraction of sp³-hybridized carbons (Fsp3) is 0.176. The van der Waals surface area contributed by atoms with Crippen LogP contribution in [0.25, 0.3) is 10.6 Å². The molecule has 0 saturated heterocycles. The van der Waals surface area contributed by atoms with Crippen LogP contribution in [0.15, 0.2) is 51.8 Å². The van der Waals surface area contributed by atoms with Crippen molar-refractivity contribution in [1.29, 1.82) is 0 Å². The summed E-state index contributed by atoms with van der Waals surface area (Å²) >= 11 is 4.56. The van der Waals surface area contributed by atoms with Crippen LogP contribution >= 0.6 is 27.3 Å². The van der Waals surface area contributed by atoms with E-state index in [9.17, 15) is 8.42 Å². The lowest BCUT2D eigenvalue weighted by Gasteiger charge is -2.18. The minimum absolute atomic E-state index is 0.00718. The van der Waals surface area contributed by atoms with Crippen LogP contribution in [0.3, 0.4) is 0 Å². The number of methoxy groups -OCH3 is 2. The molecule has 10 heteroatoms. The van der Waals surface area contributed by atoms with Gasteiger partial charge in [-0.3, -0.25) is 0 Å². The van der Waals surface area contributed by atoms with Gasteiger partial charge in [-0.15, -0.1) is 10.2 Å². The second-order valence-electron chi connectivity index (χ2n) is 5.39. The van der Waals surface area contributed by atoms with Crippen LogP contribution in [0.2, 0.25) is 0 Å². The fourth-order valence-electron chi connectivity index (χ4n) is 2.29. The number of halogens is 1. The van der Waals surface area contributed by atoms with Crippen molar-refractivity contribution in [3.8, 4) is 22.1 Å². The van der Waals surface area contributed by atoms with E-state index < -0.39 is 10.0 Å². The van der Waals surface area contributed by atoms with E-state index in [0.29, 0.717) is 10.8 Å². The highest BCUT2D eigenvalue weighted by Crippen LogP contribution is 2.35. The first-order chi connectivity index (χ1) is 12.9. The summed E-state index contributed by atoms with van der Waals surface area (Å²) in [6.07, 6.45) is 0. The molecular formula is C17H16BrN3O4S2. The Kier molecular flexibility index (Phi) is 5.68. The Balaban J connectivity index is 1.98. The standard InChI is InChI=1S/C17H16BrN3O4S2/c1-21(17-20-19-16(26-17)11-4-6-12(18)7-5-11)27(22,23)15-10-13(24-2)8-9-14(15)25-3/h4-10H,1-3H3. The van der Waals surface area contributed by atoms with Crippen LogP contribution in [-0.2, 0) is 10.0 Å². The Labute approximate surface area is 169 Å². The van der Waals surface area contributed by atoms with E-state index >= 15 is 0 Å². The Bertz CT molecular complexity index is 1050. The average Bonchev–Trinajstić information content (AvgIpc) is 3.17. The van der Waals surface area contributed by atoms with Gasteiger partial charge < -0.3 is 9.47 Å². The van der Waals surface area contributed by atoms with Gasteiger partial charge in [-0.2, -0.15) is 0 Å². The molecule has 0 aliphatic heterocycles. The number of ether oxygens (including phenoxy) is 2. The number of anilines is 1. The number of hydrogen-bond donors (Lipinski definition) is 0. The molecule has 0 aliphatic carbocycles. The quantitative estimate of drug-likeness (QED) is 0.545. The van der Waals surface area contributed by atoms with Gasteiger partial charge in [0, 0.05) is 23.2 Å². The zero-order valence-electron chi connectivity index (χ0n) is 14.7. The normalized spacial score (nSPS) is 11.3. The molecule has 1 heterocycles. The Morgan fingerprint density at radius 2 is 1.74 bits per heavy atom. The summed E-state index contributed by atoms with van der Waals surface area (Å²) in [6.45, 7) is 0. The molecule has 7 nitrogen and oxygen atoms in total. The first-order valence-electron chi connectivity index (χ1n) is 7.67. The van der Waals surface area contributed by atoms with Crippen LogP contribution in [0.4, 0.5) is 5.13 Å². The predicted octanol–water partition coefficient (Wildman–Crippen LogP) is 3.81. The van der Waals surface area contributed by atoms with Gasteiger partial charge in [0.15, 0.2) is 0 Å². The van der Waals surface area contributed by atoms with Crippen molar-refractivity contribution in [2.45, 2.75) is 4.90 Å². The SMILES string of the molecule is COc1ccc(OC)c(S(=O)(=O)N(C)c2nnc(-c3ccc(Br)cc3)s2)c1. The number of nitrogens with zero attached hydrogens (tertiary/aromatic N) is 3. The van der Waals surface area contributed by atoms with Crippen molar-refractivity contribution in [3.05, 3.63) is 46.9 Å². The van der Waals surface area contributed by atoms with Crippen LogP contribution in [0.1, 0.15) is 0 Å². The minimum atomic E-state index is -3.91. The molecule has 0 atom stereocenters. The van der Waals surface area contributed by atoms with E-state index in [1.54, 1.807) is 12.1 Å². The highest BCUT2D eigenvalue weighted by Gasteiger charge is 2.28. The van der Waals surface area contributed by atoms with Crippen LogP contribution in [-0.4, -0.2) is 39.9 Å². The van der Waals surface area contributed by atoms with Gasteiger partial charge in [-0.05, 0) is 24.3 Å². The molecule has 3 aromatic rings. The topological polar surface area (TPSA) is 81.6 Å². The number of rotatable bonds is 6. The summed E-state index contributed by atoms with van der Waals surface area (Å²) in [7, 11) is 0.400. The highest BCUT2D eigenvalue weighted by atomic mass is 79.9. The van der Waals surface area contributed by atoms with Gasteiger partial charge >= 0.3 is 0 Å². The van der Waals surface area contributed by atoms with Crippen molar-refractivity contribution < 1.29 is 17.9 Å². The number of hydrogen-bond acceptors (Lipinski definition) is 7. The largest absolute Gasteiger partial charge is 0.497 e. The lowest BCUT2D eigenvalue weighted by atomic mass is 10.2. The highest BCUT2D eigenvalue weighted by molar-refractivity contribution is 9.10. The first kappa shape index (κ1) is 19.6. The molecule has 0 spiro atoms. The van der Waals surface area contributed by atoms with Crippen molar-refractivity contribution in [3.63, 3.8) is 0 Å². The summed E-state index contributed by atoms with van der Waals surface area (Å²) in [5.74, 6) is 0.635. The lowest BCUT2D eigenvalue weighted by Crippen LogP contribution is -2.27. The molecule has 2 aromatic carbocycles. The maximum absolute atomic E-state index is 13.1. The van der Waals surface area contributed by atoms with E-state index in [1.165, 1.54) is 38.7 Å². The third kappa shape index (κ3) is 3.92. The Morgan fingerprint density at radius 1 is 1.04 bits per heavy atom. The smallest absolute Gasteiger partial charge is 0.269 e. The molecule has 3 rings (SSSR count). The first-order valence-corrected chi connectivity index (χ1v) is 10.7. The molecule has 0 bridgehead atoms. The second-order valence-corrected chi connectivity index (χ2v) is 9.20. The average molecular weight is 470 g/mol. The zero-order valence-corrected chi connectivity index (χ0v) is 17.9. The molecule has 1 aromatic heterocycles. The van der Waals surface area contributed by atoms with Crippen LogP contribution in [0.5, 0.6) is 11.5 Å². The Hall–Kier alpha value is -2.17. The summed E-state index contributed by atoms with van der Waals surface area (Å²) in [5.41, 5.74) is 0.853. The molecule has 0 fully saturated rings. The summed E-state index contributed by atoms with van der Waals surface area (Å²) in [4.78, 5) is -0.00718. The van der Waals surface area contributed by atoms with Gasteiger partial charge in [0.2, 0.25) is 5.13 Å². The van der Waals surface area contributed by atoms with Gasteiger partial charge in [-0.25, -0.2) is 12.7 Å². The van der Waals surface area contributed by atoms with Gasteiger partial charge in [0.05, 0.1) is 14.2 Å². The summed E-state index contributed by atoms with van der Waals surface area (Å²) in [5, 5.41) is 9.02. The van der Waals surface area contributed by atoms with E-state index in [4.69, 9.17) is 9.47 Å². The molecule has 142 valence electrons. The zero-order chi connectivity index (χ0) is 19.6. The summed E-state index contributed by atoms with van der Waals surface area (Å²) < 4.78 is 38.6. The molecular weight excluding hydrogens is 454 g/mol. The van der Waals surface area contributed by atoms with E-state index in [2.05, 4.69) is 26.1 Å². The number of aromatic nitrogens is 2. The maximum Gasteiger partial charge on any atom is 0.269 e. The molecule has 0 N–H and O–H groups in total. The van der Waals surface area contributed by atoms with Crippen LogP contribution < -0.4 is 13.8 Å². The second kappa shape index (κ2) is 7.83. The van der Waals surface area contributed by atoms with E-state index in [0.717, 1.165) is 14.3 Å². The molecule has 0 unspecified atom stereocenters. The number of benzene rings is 2. The molecule has 0 aliphatic rings. The molecule has 0 saturated carbocycles. The lowest BCUT2D eigenvalue weighted by molar-refractivity contribution is 0.392. The molecule has 0 radical (unpaired) electrons. The third-order valence-corrected chi connectivity index (χ3v) is 7.25. The number of sulfonamides is 1. The van der Waals surface area contributed by atoms with Crippen molar-refractivity contribution in [1.82, 2.24) is 10.2 Å².